The molecule has 3 saturated heterocycles. The number of nitrogens with zero attached hydrogens (tertiary/aromatic N) is 1. The van der Waals surface area contributed by atoms with Gasteiger partial charge in [0.15, 0.2) is 0 Å². The average molecular weight is 619 g/mol. The highest BCUT2D eigenvalue weighted by Gasteiger charge is 2.77. The summed E-state index contributed by atoms with van der Waals surface area (Å²) in [6.07, 6.45) is -0.191. The smallest absolute Gasteiger partial charge is 0.250 e. The first-order chi connectivity index (χ1) is 18.6. The highest BCUT2D eigenvalue weighted by molar-refractivity contribution is 9.09. The second-order valence-electron chi connectivity index (χ2n) is 11.0. The number of halogens is 2. The second-order valence-corrected chi connectivity index (χ2v) is 12.6. The highest BCUT2D eigenvalue weighted by atomic mass is 79.9. The van der Waals surface area contributed by atoms with Crippen molar-refractivity contribution in [1.29, 1.82) is 0 Å². The van der Waals surface area contributed by atoms with Gasteiger partial charge in [-0.25, -0.2) is 0 Å². The molecule has 3 aliphatic heterocycles. The lowest BCUT2D eigenvalue weighted by molar-refractivity contribution is -0.145. The molecular weight excluding hydrogens is 586 g/mol. The summed E-state index contributed by atoms with van der Waals surface area (Å²) >= 11 is 10.1. The summed E-state index contributed by atoms with van der Waals surface area (Å²) < 4.78 is 6.54. The molecule has 3 heterocycles. The molecule has 0 aromatic heterocycles. The zero-order chi connectivity index (χ0) is 28.1. The van der Waals surface area contributed by atoms with Crippen LogP contribution in [-0.2, 0) is 25.7 Å². The molecule has 2 aromatic rings. The number of alkyl halides is 1. The predicted molar refractivity (Wildman–Crippen MR) is 151 cm³/mol. The molecule has 10 heteroatoms. The van der Waals surface area contributed by atoms with Crippen LogP contribution < -0.4 is 10.6 Å². The topological polar surface area (TPSA) is 108 Å². The molecule has 3 amide bonds. The zero-order valence-corrected chi connectivity index (χ0v) is 24.4. The molecule has 5 rings (SSSR count). The number of ether oxygens (including phenoxy) is 1. The molecule has 39 heavy (non-hydrogen) atoms. The molecule has 8 nitrogen and oxygen atoms in total. The summed E-state index contributed by atoms with van der Waals surface area (Å²) in [5.74, 6) is -2.88. The first-order valence-electron chi connectivity index (χ1n) is 13.2. The van der Waals surface area contributed by atoms with E-state index >= 15 is 0 Å². The maximum absolute atomic E-state index is 14.2. The van der Waals surface area contributed by atoms with Crippen molar-refractivity contribution in [2.24, 2.45) is 17.8 Å². The van der Waals surface area contributed by atoms with Crippen LogP contribution in [0, 0.1) is 24.7 Å². The van der Waals surface area contributed by atoms with Gasteiger partial charge in [0.2, 0.25) is 17.7 Å². The van der Waals surface area contributed by atoms with Crippen LogP contribution in [0.25, 0.3) is 0 Å². The number of hydrogen-bond donors (Lipinski definition) is 3. The van der Waals surface area contributed by atoms with Crippen LogP contribution in [0.4, 0.5) is 5.69 Å². The number of aliphatic hydroxyl groups excluding tert-OH is 1. The lowest BCUT2D eigenvalue weighted by atomic mass is 9.70. The first-order valence-corrected chi connectivity index (χ1v) is 14.5. The minimum Gasteiger partial charge on any atom is -0.394 e. The summed E-state index contributed by atoms with van der Waals surface area (Å²) in [4.78, 5) is 43.2. The van der Waals surface area contributed by atoms with Crippen molar-refractivity contribution >= 4 is 50.9 Å². The lowest BCUT2D eigenvalue weighted by Gasteiger charge is -2.38. The number of likely N-dealkylation sites (tertiary alicyclic amines) is 1. The number of benzene rings is 2. The van der Waals surface area contributed by atoms with Gasteiger partial charge in [-0.15, -0.1) is 0 Å². The van der Waals surface area contributed by atoms with E-state index in [1.165, 1.54) is 4.90 Å². The molecule has 2 bridgehead atoms. The van der Waals surface area contributed by atoms with Gasteiger partial charge in [0, 0.05) is 11.4 Å². The minimum atomic E-state index is -1.23. The molecule has 3 unspecified atom stereocenters. The van der Waals surface area contributed by atoms with Gasteiger partial charge < -0.3 is 25.4 Å². The fourth-order valence-corrected chi connectivity index (χ4v) is 7.74. The standard InChI is InChI=1S/C29H33BrClN3O5/c1-15(2)20(14-35)34-25(27(37)33-23-16(3)8-7-11-19(23)31)29-12-18(30)24(39-29)21(22(29)28(34)38)26(36)32-13-17-9-5-4-6-10-17/h4-11,15,18,20-22,24-25,35H,12-14H2,1-3H3,(H,32,36)(H,33,37)/t18?,20-,21+,22-,24+,25?,29?/m0/s1. The third kappa shape index (κ3) is 4.67. The SMILES string of the molecule is Cc1cccc(Cl)c1NC(=O)C1N([C@@H](CO)C(C)C)C(=O)[C@@H]2[C@@H](C(=O)NCc3ccccc3)[C@@H]3OC12CC3Br. The van der Waals surface area contributed by atoms with Crippen molar-refractivity contribution in [3.05, 3.63) is 64.7 Å². The Bertz CT molecular complexity index is 1260. The molecule has 0 aliphatic carbocycles. The largest absolute Gasteiger partial charge is 0.394 e. The van der Waals surface area contributed by atoms with Gasteiger partial charge in [-0.05, 0) is 36.5 Å². The molecule has 3 fully saturated rings. The van der Waals surface area contributed by atoms with Crippen LogP contribution in [0.5, 0.6) is 0 Å². The summed E-state index contributed by atoms with van der Waals surface area (Å²) in [5, 5.41) is 16.6. The molecule has 2 aromatic carbocycles. The number of anilines is 1. The number of hydrogen-bond acceptors (Lipinski definition) is 5. The van der Waals surface area contributed by atoms with Gasteiger partial charge in [0.25, 0.3) is 0 Å². The van der Waals surface area contributed by atoms with Crippen molar-refractivity contribution in [2.75, 3.05) is 11.9 Å². The fourth-order valence-electron chi connectivity index (χ4n) is 6.53. The van der Waals surface area contributed by atoms with Crippen LogP contribution in [0.15, 0.2) is 48.5 Å². The second kappa shape index (κ2) is 10.8. The number of carbonyl (C=O) groups excluding carboxylic acids is 3. The van der Waals surface area contributed by atoms with Gasteiger partial charge in [0.1, 0.15) is 11.6 Å². The van der Waals surface area contributed by atoms with Gasteiger partial charge in [-0.3, -0.25) is 14.4 Å². The molecular formula is C29H33BrClN3O5. The molecule has 0 radical (unpaired) electrons. The van der Waals surface area contributed by atoms with Crippen LogP contribution in [0.1, 0.15) is 31.4 Å². The van der Waals surface area contributed by atoms with Crippen LogP contribution >= 0.6 is 27.5 Å². The van der Waals surface area contributed by atoms with E-state index in [0.717, 1.165) is 11.1 Å². The third-order valence-corrected chi connectivity index (χ3v) is 9.53. The van der Waals surface area contributed by atoms with Gasteiger partial charge >= 0.3 is 0 Å². The van der Waals surface area contributed by atoms with Crippen molar-refractivity contribution in [3.8, 4) is 0 Å². The van der Waals surface area contributed by atoms with E-state index in [1.54, 1.807) is 12.1 Å². The van der Waals surface area contributed by atoms with Gasteiger partial charge in [-0.2, -0.15) is 0 Å². The number of aliphatic hydroxyl groups is 1. The van der Waals surface area contributed by atoms with E-state index in [0.29, 0.717) is 23.7 Å². The molecule has 208 valence electrons. The fraction of sp³-hybridized carbons (Fsp3) is 0.483. The Hall–Kier alpha value is -2.46. The molecule has 3 aliphatic rings. The van der Waals surface area contributed by atoms with Crippen molar-refractivity contribution in [3.63, 3.8) is 0 Å². The van der Waals surface area contributed by atoms with Crippen LogP contribution in [0.3, 0.4) is 0 Å². The molecule has 3 N–H and O–H groups in total. The number of nitrogens with one attached hydrogen (secondary N) is 2. The van der Waals surface area contributed by atoms with Gasteiger partial charge in [-0.1, -0.05) is 83.8 Å². The average Bonchev–Trinajstić information content (AvgIpc) is 3.49. The van der Waals surface area contributed by atoms with E-state index in [9.17, 15) is 19.5 Å². The van der Waals surface area contributed by atoms with E-state index < -0.39 is 41.5 Å². The first kappa shape index (κ1) is 28.1. The molecule has 1 spiro atoms. The number of fused-ring (bicyclic) bond motifs is 1. The number of carbonyl (C=O) groups is 3. The van der Waals surface area contributed by atoms with Crippen molar-refractivity contribution in [1.82, 2.24) is 10.2 Å². The number of aryl methyl sites for hydroxylation is 1. The Kier molecular flexibility index (Phi) is 7.81. The summed E-state index contributed by atoms with van der Waals surface area (Å²) in [6, 6.07) is 13.2. The van der Waals surface area contributed by atoms with Crippen LogP contribution in [0.2, 0.25) is 5.02 Å². The zero-order valence-electron chi connectivity index (χ0n) is 22.1. The van der Waals surface area contributed by atoms with Crippen molar-refractivity contribution < 1.29 is 24.2 Å². The molecule has 0 saturated carbocycles. The Labute approximate surface area is 241 Å². The molecule has 7 atom stereocenters. The van der Waals surface area contributed by atoms with Crippen molar-refractivity contribution in [2.45, 2.75) is 62.4 Å². The Morgan fingerprint density at radius 1 is 1.18 bits per heavy atom. The number of para-hydroxylation sites is 1. The number of rotatable bonds is 8. The van der Waals surface area contributed by atoms with E-state index in [4.69, 9.17) is 16.3 Å². The number of amides is 3. The highest BCUT2D eigenvalue weighted by Crippen LogP contribution is 2.60. The van der Waals surface area contributed by atoms with E-state index in [-0.39, 0.29) is 29.2 Å². The maximum Gasteiger partial charge on any atom is 0.250 e. The maximum atomic E-state index is 14.2. The monoisotopic (exact) mass is 617 g/mol. The van der Waals surface area contributed by atoms with E-state index in [1.807, 2.05) is 57.2 Å². The summed E-state index contributed by atoms with van der Waals surface area (Å²) in [6.45, 7) is 5.61. The van der Waals surface area contributed by atoms with Gasteiger partial charge in [0.05, 0.1) is 41.3 Å². The summed E-state index contributed by atoms with van der Waals surface area (Å²) in [7, 11) is 0. The summed E-state index contributed by atoms with van der Waals surface area (Å²) in [5.41, 5.74) is 0.941. The predicted octanol–water partition coefficient (Wildman–Crippen LogP) is 3.67. The Morgan fingerprint density at radius 2 is 1.90 bits per heavy atom. The third-order valence-electron chi connectivity index (χ3n) is 8.37. The Balaban J connectivity index is 1.52. The van der Waals surface area contributed by atoms with E-state index in [2.05, 4.69) is 26.6 Å². The minimum absolute atomic E-state index is 0.145. The Morgan fingerprint density at radius 3 is 2.54 bits per heavy atom. The normalized spacial score (nSPS) is 30.0. The quantitative estimate of drug-likeness (QED) is 0.392. The van der Waals surface area contributed by atoms with Crippen LogP contribution in [-0.4, -0.2) is 63.0 Å². The lowest BCUT2D eigenvalue weighted by Crippen LogP contribution is -2.57.